The molecule has 1 aromatic carbocycles. The largest absolute Gasteiger partial charge is 0.442 e. The second-order valence-electron chi connectivity index (χ2n) is 6.04. The van der Waals surface area contributed by atoms with Crippen molar-refractivity contribution in [1.82, 2.24) is 5.06 Å². The van der Waals surface area contributed by atoms with Gasteiger partial charge < -0.3 is 4.74 Å². The van der Waals surface area contributed by atoms with E-state index in [4.69, 9.17) is 9.57 Å². The van der Waals surface area contributed by atoms with Gasteiger partial charge in [-0.15, -0.1) is 0 Å². The van der Waals surface area contributed by atoms with E-state index in [0.717, 1.165) is 18.4 Å². The van der Waals surface area contributed by atoms with Crippen LogP contribution in [0.4, 0.5) is 4.79 Å². The molecule has 21 heavy (non-hydrogen) atoms. The van der Waals surface area contributed by atoms with Crippen LogP contribution in [0, 0.1) is 0 Å². The number of hydrogen-bond donors (Lipinski definition) is 0. The molecule has 0 atom stereocenters. The Balaban J connectivity index is 2.75. The van der Waals surface area contributed by atoms with Crippen LogP contribution in [0.3, 0.4) is 0 Å². The molecule has 4 nitrogen and oxygen atoms in total. The standard InChI is InChI=1S/C17H27NO3/c1-6-15(7-2)18(16(19)21-17(3,4)5)20-13-14-11-9-8-10-12-14/h8-12,15H,6-7,13H2,1-5H3. The van der Waals surface area contributed by atoms with Crippen molar-refractivity contribution >= 4 is 6.09 Å². The third-order valence-electron chi connectivity index (χ3n) is 3.06. The number of carbonyl (C=O) groups is 1. The first-order valence-electron chi connectivity index (χ1n) is 7.56. The maximum absolute atomic E-state index is 12.3. The number of nitrogens with zero attached hydrogens (tertiary/aromatic N) is 1. The van der Waals surface area contributed by atoms with E-state index in [1.165, 1.54) is 5.06 Å². The molecule has 1 aromatic rings. The summed E-state index contributed by atoms with van der Waals surface area (Å²) in [7, 11) is 0. The zero-order valence-corrected chi connectivity index (χ0v) is 13.8. The fourth-order valence-electron chi connectivity index (χ4n) is 1.95. The highest BCUT2D eigenvalue weighted by molar-refractivity contribution is 5.67. The van der Waals surface area contributed by atoms with E-state index in [0.29, 0.717) is 6.61 Å². The lowest BCUT2D eigenvalue weighted by Gasteiger charge is -2.31. The molecule has 0 aliphatic rings. The second kappa shape index (κ2) is 8.03. The van der Waals surface area contributed by atoms with Crippen LogP contribution in [-0.4, -0.2) is 22.8 Å². The third-order valence-corrected chi connectivity index (χ3v) is 3.06. The highest BCUT2D eigenvalue weighted by Crippen LogP contribution is 2.17. The highest BCUT2D eigenvalue weighted by Gasteiger charge is 2.27. The molecule has 0 spiro atoms. The maximum Gasteiger partial charge on any atom is 0.434 e. The van der Waals surface area contributed by atoms with Crippen molar-refractivity contribution in [1.29, 1.82) is 0 Å². The molecule has 0 bridgehead atoms. The first-order chi connectivity index (χ1) is 9.87. The molecule has 0 aliphatic carbocycles. The summed E-state index contributed by atoms with van der Waals surface area (Å²) in [6.07, 6.45) is 1.22. The Morgan fingerprint density at radius 3 is 2.19 bits per heavy atom. The summed E-state index contributed by atoms with van der Waals surface area (Å²) >= 11 is 0. The molecule has 0 N–H and O–H groups in total. The van der Waals surface area contributed by atoms with Crippen LogP contribution < -0.4 is 0 Å². The van der Waals surface area contributed by atoms with E-state index in [2.05, 4.69) is 0 Å². The number of benzene rings is 1. The van der Waals surface area contributed by atoms with Gasteiger partial charge in [0.25, 0.3) is 0 Å². The Bertz CT molecular complexity index is 421. The molecule has 0 aliphatic heterocycles. The van der Waals surface area contributed by atoms with Gasteiger partial charge in [0.15, 0.2) is 0 Å². The summed E-state index contributed by atoms with van der Waals surface area (Å²) in [4.78, 5) is 18.1. The van der Waals surface area contributed by atoms with E-state index >= 15 is 0 Å². The lowest BCUT2D eigenvalue weighted by molar-refractivity contribution is -0.180. The van der Waals surface area contributed by atoms with Crippen LogP contribution in [0.15, 0.2) is 30.3 Å². The summed E-state index contributed by atoms with van der Waals surface area (Å²) in [6, 6.07) is 9.82. The SMILES string of the molecule is CCC(CC)N(OCc1ccccc1)C(=O)OC(C)(C)C. The monoisotopic (exact) mass is 293 g/mol. The van der Waals surface area contributed by atoms with Gasteiger partial charge in [-0.05, 0) is 39.2 Å². The topological polar surface area (TPSA) is 38.8 Å². The van der Waals surface area contributed by atoms with E-state index in [1.807, 2.05) is 65.0 Å². The zero-order valence-electron chi connectivity index (χ0n) is 13.8. The Hall–Kier alpha value is -1.55. The van der Waals surface area contributed by atoms with Crippen molar-refractivity contribution in [2.75, 3.05) is 0 Å². The Morgan fingerprint density at radius 1 is 1.14 bits per heavy atom. The van der Waals surface area contributed by atoms with E-state index in [9.17, 15) is 4.79 Å². The van der Waals surface area contributed by atoms with Gasteiger partial charge in [0, 0.05) is 0 Å². The van der Waals surface area contributed by atoms with Gasteiger partial charge >= 0.3 is 6.09 Å². The van der Waals surface area contributed by atoms with Gasteiger partial charge in [-0.3, -0.25) is 4.84 Å². The smallest absolute Gasteiger partial charge is 0.434 e. The molecular formula is C17H27NO3. The lowest BCUT2D eigenvalue weighted by atomic mass is 10.1. The Labute approximate surface area is 128 Å². The molecule has 0 radical (unpaired) electrons. The van der Waals surface area contributed by atoms with Crippen LogP contribution >= 0.6 is 0 Å². The van der Waals surface area contributed by atoms with E-state index in [1.54, 1.807) is 0 Å². The molecule has 0 saturated carbocycles. The second-order valence-corrected chi connectivity index (χ2v) is 6.04. The fraction of sp³-hybridized carbons (Fsp3) is 0.588. The van der Waals surface area contributed by atoms with Crippen molar-refractivity contribution in [3.05, 3.63) is 35.9 Å². The quantitative estimate of drug-likeness (QED) is 0.723. The van der Waals surface area contributed by atoms with Gasteiger partial charge in [-0.1, -0.05) is 44.2 Å². The van der Waals surface area contributed by atoms with Crippen molar-refractivity contribution in [2.45, 2.75) is 65.7 Å². The predicted octanol–water partition coefficient (Wildman–Crippen LogP) is 4.54. The van der Waals surface area contributed by atoms with Crippen molar-refractivity contribution in [2.24, 2.45) is 0 Å². The van der Waals surface area contributed by atoms with Gasteiger partial charge in [-0.25, -0.2) is 4.79 Å². The molecule has 1 amide bonds. The van der Waals surface area contributed by atoms with Crippen molar-refractivity contribution < 1.29 is 14.4 Å². The van der Waals surface area contributed by atoms with Crippen LogP contribution in [0.2, 0.25) is 0 Å². The van der Waals surface area contributed by atoms with Crippen molar-refractivity contribution in [3.8, 4) is 0 Å². The van der Waals surface area contributed by atoms with Crippen LogP contribution in [-0.2, 0) is 16.2 Å². The summed E-state index contributed by atoms with van der Waals surface area (Å²) in [6.45, 7) is 10.00. The number of carbonyl (C=O) groups excluding carboxylic acids is 1. The number of hydrogen-bond acceptors (Lipinski definition) is 3. The fourth-order valence-corrected chi connectivity index (χ4v) is 1.95. The molecule has 118 valence electrons. The normalized spacial score (nSPS) is 11.5. The molecule has 0 saturated heterocycles. The Morgan fingerprint density at radius 2 is 1.71 bits per heavy atom. The summed E-state index contributed by atoms with van der Waals surface area (Å²) in [5, 5.41) is 1.39. The molecule has 0 unspecified atom stereocenters. The molecule has 0 heterocycles. The summed E-state index contributed by atoms with van der Waals surface area (Å²) in [5.41, 5.74) is 0.495. The van der Waals surface area contributed by atoms with Crippen LogP contribution in [0.5, 0.6) is 0 Å². The highest BCUT2D eigenvalue weighted by atomic mass is 16.7. The average Bonchev–Trinajstić information content (AvgIpc) is 2.42. The lowest BCUT2D eigenvalue weighted by Crippen LogP contribution is -2.42. The molecule has 4 heteroatoms. The van der Waals surface area contributed by atoms with Crippen LogP contribution in [0.25, 0.3) is 0 Å². The van der Waals surface area contributed by atoms with Gasteiger partial charge in [0.05, 0.1) is 6.04 Å². The third kappa shape index (κ3) is 6.17. The summed E-state index contributed by atoms with van der Waals surface area (Å²) in [5.74, 6) is 0. The molecule has 0 fully saturated rings. The minimum Gasteiger partial charge on any atom is -0.442 e. The number of amides is 1. The van der Waals surface area contributed by atoms with Gasteiger partial charge in [0.1, 0.15) is 12.2 Å². The van der Waals surface area contributed by atoms with Gasteiger partial charge in [0.2, 0.25) is 0 Å². The predicted molar refractivity (Wildman–Crippen MR) is 83.7 cm³/mol. The number of hydroxylamine groups is 2. The number of rotatable bonds is 6. The van der Waals surface area contributed by atoms with Crippen LogP contribution in [0.1, 0.15) is 53.0 Å². The molecule has 0 aromatic heterocycles. The Kier molecular flexibility index (Phi) is 6.69. The first-order valence-corrected chi connectivity index (χ1v) is 7.56. The van der Waals surface area contributed by atoms with E-state index in [-0.39, 0.29) is 6.04 Å². The minimum absolute atomic E-state index is 0.0172. The number of ether oxygens (including phenoxy) is 1. The first kappa shape index (κ1) is 17.5. The van der Waals surface area contributed by atoms with E-state index < -0.39 is 11.7 Å². The zero-order chi connectivity index (χ0) is 15.9. The minimum atomic E-state index is -0.530. The van der Waals surface area contributed by atoms with Gasteiger partial charge in [-0.2, -0.15) is 5.06 Å². The molecule has 1 rings (SSSR count). The average molecular weight is 293 g/mol. The maximum atomic E-state index is 12.3. The summed E-state index contributed by atoms with van der Waals surface area (Å²) < 4.78 is 5.43. The van der Waals surface area contributed by atoms with Crippen molar-refractivity contribution in [3.63, 3.8) is 0 Å². The molecular weight excluding hydrogens is 266 g/mol.